The van der Waals surface area contributed by atoms with Gasteiger partial charge in [0.2, 0.25) is 5.91 Å². The third-order valence-corrected chi connectivity index (χ3v) is 4.34. The van der Waals surface area contributed by atoms with Gasteiger partial charge in [-0.15, -0.1) is 11.8 Å². The van der Waals surface area contributed by atoms with Crippen molar-refractivity contribution in [3.05, 3.63) is 58.4 Å². The number of halogens is 1. The second kappa shape index (κ2) is 9.03. The summed E-state index contributed by atoms with van der Waals surface area (Å²) in [6.07, 6.45) is 0.783. The molecule has 25 heavy (non-hydrogen) atoms. The standard InChI is InChI=1S/C17H18FN3O3S/c1-12(22)20-16-11-15(14(18)10-17(16)21(23)24)19-8-5-9-25-13-6-3-2-4-7-13/h2-4,6-7,10-11,19H,5,8-9H2,1H3,(H,20,22). The molecule has 2 rings (SSSR count). The molecule has 0 bridgehead atoms. The Labute approximate surface area is 149 Å². The van der Waals surface area contributed by atoms with Crippen molar-refractivity contribution in [1.82, 2.24) is 0 Å². The molecule has 132 valence electrons. The van der Waals surface area contributed by atoms with E-state index >= 15 is 0 Å². The van der Waals surface area contributed by atoms with Gasteiger partial charge in [0.15, 0.2) is 5.82 Å². The van der Waals surface area contributed by atoms with Crippen molar-refractivity contribution >= 4 is 34.7 Å². The van der Waals surface area contributed by atoms with E-state index in [0.29, 0.717) is 6.54 Å². The van der Waals surface area contributed by atoms with Gasteiger partial charge >= 0.3 is 0 Å². The van der Waals surface area contributed by atoms with Gasteiger partial charge in [-0.1, -0.05) is 18.2 Å². The first-order valence-corrected chi connectivity index (χ1v) is 8.63. The molecule has 0 radical (unpaired) electrons. The molecule has 0 saturated carbocycles. The molecule has 2 aromatic rings. The van der Waals surface area contributed by atoms with Crippen LogP contribution in [0, 0.1) is 15.9 Å². The van der Waals surface area contributed by atoms with Crippen LogP contribution in [0.15, 0.2) is 47.4 Å². The molecule has 0 spiro atoms. The lowest BCUT2D eigenvalue weighted by Gasteiger charge is -2.10. The van der Waals surface area contributed by atoms with E-state index in [0.717, 1.165) is 23.1 Å². The van der Waals surface area contributed by atoms with Crippen LogP contribution in [-0.4, -0.2) is 23.1 Å². The molecule has 0 atom stereocenters. The van der Waals surface area contributed by atoms with Crippen molar-refractivity contribution in [2.24, 2.45) is 0 Å². The van der Waals surface area contributed by atoms with E-state index in [-0.39, 0.29) is 11.4 Å². The van der Waals surface area contributed by atoms with E-state index < -0.39 is 22.3 Å². The maximum Gasteiger partial charge on any atom is 0.295 e. The number of amides is 1. The summed E-state index contributed by atoms with van der Waals surface area (Å²) in [6.45, 7) is 1.75. The minimum absolute atomic E-state index is 0.0277. The summed E-state index contributed by atoms with van der Waals surface area (Å²) in [7, 11) is 0. The molecular formula is C17H18FN3O3S. The third kappa shape index (κ3) is 5.75. The number of benzene rings is 2. The van der Waals surface area contributed by atoms with Crippen LogP contribution in [0.4, 0.5) is 21.5 Å². The topological polar surface area (TPSA) is 84.3 Å². The highest BCUT2D eigenvalue weighted by Gasteiger charge is 2.19. The zero-order valence-corrected chi connectivity index (χ0v) is 14.4. The fraction of sp³-hybridized carbons (Fsp3) is 0.235. The molecule has 0 aliphatic rings. The molecule has 2 N–H and O–H groups in total. The Balaban J connectivity index is 1.94. The molecule has 0 aliphatic carbocycles. The van der Waals surface area contributed by atoms with Crippen molar-refractivity contribution in [2.45, 2.75) is 18.2 Å². The Morgan fingerprint density at radius 2 is 1.96 bits per heavy atom. The van der Waals surface area contributed by atoms with Crippen molar-refractivity contribution < 1.29 is 14.1 Å². The Morgan fingerprint density at radius 3 is 2.60 bits per heavy atom. The van der Waals surface area contributed by atoms with Crippen LogP contribution >= 0.6 is 11.8 Å². The molecule has 0 heterocycles. The van der Waals surface area contributed by atoms with E-state index in [1.807, 2.05) is 30.3 Å². The molecule has 6 nitrogen and oxygen atoms in total. The highest BCUT2D eigenvalue weighted by molar-refractivity contribution is 7.99. The average molecular weight is 363 g/mol. The predicted molar refractivity (Wildman–Crippen MR) is 97.6 cm³/mol. The van der Waals surface area contributed by atoms with Crippen LogP contribution in [0.1, 0.15) is 13.3 Å². The number of thioether (sulfide) groups is 1. The maximum atomic E-state index is 14.0. The monoisotopic (exact) mass is 363 g/mol. The number of anilines is 2. The summed E-state index contributed by atoms with van der Waals surface area (Å²) < 4.78 is 14.0. The SMILES string of the molecule is CC(=O)Nc1cc(NCCCSc2ccccc2)c(F)cc1[N+](=O)[O-]. The van der Waals surface area contributed by atoms with Gasteiger partial charge < -0.3 is 10.6 Å². The normalized spacial score (nSPS) is 10.3. The molecule has 8 heteroatoms. The third-order valence-electron chi connectivity index (χ3n) is 3.24. The second-order valence-corrected chi connectivity index (χ2v) is 6.40. The van der Waals surface area contributed by atoms with Gasteiger partial charge in [0.25, 0.3) is 5.69 Å². The lowest BCUT2D eigenvalue weighted by Crippen LogP contribution is -2.10. The number of nitrogens with zero attached hydrogens (tertiary/aromatic N) is 1. The lowest BCUT2D eigenvalue weighted by molar-refractivity contribution is -0.384. The first-order chi connectivity index (χ1) is 12.0. The van der Waals surface area contributed by atoms with Crippen LogP contribution in [0.25, 0.3) is 0 Å². The van der Waals surface area contributed by atoms with E-state index in [1.54, 1.807) is 11.8 Å². The summed E-state index contributed by atoms with van der Waals surface area (Å²) >= 11 is 1.70. The molecule has 2 aromatic carbocycles. The minimum Gasteiger partial charge on any atom is -0.383 e. The van der Waals surface area contributed by atoms with Crippen LogP contribution in [0.3, 0.4) is 0 Å². The van der Waals surface area contributed by atoms with Gasteiger partial charge in [-0.25, -0.2) is 4.39 Å². The Kier molecular flexibility index (Phi) is 6.76. The van der Waals surface area contributed by atoms with E-state index in [9.17, 15) is 19.3 Å². The van der Waals surface area contributed by atoms with Crippen molar-refractivity contribution in [2.75, 3.05) is 22.9 Å². The number of hydrogen-bond donors (Lipinski definition) is 2. The van der Waals surface area contributed by atoms with E-state index in [1.165, 1.54) is 13.0 Å². The molecule has 1 amide bonds. The highest BCUT2D eigenvalue weighted by Crippen LogP contribution is 2.30. The predicted octanol–water partition coefficient (Wildman–Crippen LogP) is 4.29. The lowest BCUT2D eigenvalue weighted by atomic mass is 10.2. The number of nitro groups is 1. The van der Waals surface area contributed by atoms with Gasteiger partial charge in [0.05, 0.1) is 16.7 Å². The van der Waals surface area contributed by atoms with Crippen LogP contribution in [0.5, 0.6) is 0 Å². The van der Waals surface area contributed by atoms with Gasteiger partial charge in [-0.05, 0) is 30.4 Å². The van der Waals surface area contributed by atoms with Gasteiger partial charge in [0, 0.05) is 18.4 Å². The number of hydrogen-bond acceptors (Lipinski definition) is 5. The van der Waals surface area contributed by atoms with Crippen molar-refractivity contribution in [1.29, 1.82) is 0 Å². The summed E-state index contributed by atoms with van der Waals surface area (Å²) in [5.74, 6) is -0.333. The highest BCUT2D eigenvalue weighted by atomic mass is 32.2. The molecule has 0 aromatic heterocycles. The second-order valence-electron chi connectivity index (χ2n) is 5.23. The zero-order valence-electron chi connectivity index (χ0n) is 13.6. The Hall–Kier alpha value is -2.61. The Morgan fingerprint density at radius 1 is 1.24 bits per heavy atom. The fourth-order valence-corrected chi connectivity index (χ4v) is 3.01. The number of nitrogens with one attached hydrogen (secondary N) is 2. The smallest absolute Gasteiger partial charge is 0.295 e. The summed E-state index contributed by atoms with van der Waals surface area (Å²) in [5.41, 5.74) is -0.378. The van der Waals surface area contributed by atoms with Crippen LogP contribution in [-0.2, 0) is 4.79 Å². The summed E-state index contributed by atoms with van der Waals surface area (Å²) in [6, 6.07) is 12.0. The molecule has 0 aliphatic heterocycles. The van der Waals surface area contributed by atoms with E-state index in [2.05, 4.69) is 10.6 Å². The largest absolute Gasteiger partial charge is 0.383 e. The molecule has 0 saturated heterocycles. The maximum absolute atomic E-state index is 14.0. The first kappa shape index (κ1) is 18.7. The zero-order chi connectivity index (χ0) is 18.2. The minimum atomic E-state index is -0.728. The molecule has 0 unspecified atom stereocenters. The van der Waals surface area contributed by atoms with Crippen molar-refractivity contribution in [3.63, 3.8) is 0 Å². The summed E-state index contributed by atoms with van der Waals surface area (Å²) in [4.78, 5) is 22.6. The summed E-state index contributed by atoms with van der Waals surface area (Å²) in [5, 5.41) is 16.2. The number of nitro benzene ring substituents is 1. The fourth-order valence-electron chi connectivity index (χ4n) is 2.14. The number of rotatable bonds is 8. The van der Waals surface area contributed by atoms with Gasteiger partial charge in [0.1, 0.15) is 5.69 Å². The average Bonchev–Trinajstić information content (AvgIpc) is 2.57. The van der Waals surface area contributed by atoms with Crippen molar-refractivity contribution in [3.8, 4) is 0 Å². The number of carbonyl (C=O) groups excluding carboxylic acids is 1. The van der Waals surface area contributed by atoms with Gasteiger partial charge in [-0.3, -0.25) is 14.9 Å². The Bertz CT molecular complexity index is 756. The molecular weight excluding hydrogens is 345 g/mol. The van der Waals surface area contributed by atoms with Crippen LogP contribution < -0.4 is 10.6 Å². The quantitative estimate of drug-likeness (QED) is 0.316. The van der Waals surface area contributed by atoms with E-state index in [4.69, 9.17) is 0 Å². The molecule has 0 fully saturated rings. The number of carbonyl (C=O) groups is 1. The first-order valence-electron chi connectivity index (χ1n) is 7.64. The van der Waals surface area contributed by atoms with Gasteiger partial charge in [-0.2, -0.15) is 0 Å². The van der Waals surface area contributed by atoms with Crippen LogP contribution in [0.2, 0.25) is 0 Å².